The van der Waals surface area contributed by atoms with Gasteiger partial charge in [-0.3, -0.25) is 9.59 Å². The molecule has 0 bridgehead atoms. The molecular weight excluding hydrogens is 246 g/mol. The van der Waals surface area contributed by atoms with E-state index < -0.39 is 5.97 Å². The number of likely N-dealkylation sites (N-methyl/N-ethyl adjacent to an activating group) is 1. The highest BCUT2D eigenvalue weighted by molar-refractivity contribution is 5.96. The predicted octanol–water partition coefficient (Wildman–Crippen LogP) is 1.46. The molecular formula is C13H19N3O3. The monoisotopic (exact) mass is 265 g/mol. The molecule has 0 saturated heterocycles. The van der Waals surface area contributed by atoms with Gasteiger partial charge in [0.2, 0.25) is 0 Å². The van der Waals surface area contributed by atoms with Gasteiger partial charge in [0.25, 0.3) is 5.91 Å². The molecule has 6 nitrogen and oxygen atoms in total. The third-order valence-electron chi connectivity index (χ3n) is 2.71. The number of hydrogen-bond donors (Lipinski definition) is 1. The van der Waals surface area contributed by atoms with E-state index in [2.05, 4.69) is 9.97 Å². The zero-order valence-corrected chi connectivity index (χ0v) is 11.7. The number of aryl methyl sites for hydroxylation is 1. The fourth-order valence-corrected chi connectivity index (χ4v) is 1.75. The van der Waals surface area contributed by atoms with E-state index >= 15 is 0 Å². The van der Waals surface area contributed by atoms with Crippen molar-refractivity contribution < 1.29 is 14.7 Å². The summed E-state index contributed by atoms with van der Waals surface area (Å²) in [4.78, 5) is 32.7. The van der Waals surface area contributed by atoms with Gasteiger partial charge in [0.1, 0.15) is 12.4 Å². The van der Waals surface area contributed by atoms with Crippen molar-refractivity contribution in [3.05, 3.63) is 23.3 Å². The van der Waals surface area contributed by atoms with Crippen LogP contribution in [-0.2, 0) is 4.79 Å². The molecule has 0 atom stereocenters. The van der Waals surface area contributed by atoms with Crippen molar-refractivity contribution in [1.82, 2.24) is 14.9 Å². The lowest BCUT2D eigenvalue weighted by Gasteiger charge is -2.20. The molecule has 1 N–H and O–H groups in total. The number of carbonyl (C=O) groups excluding carboxylic acids is 1. The maximum absolute atomic E-state index is 12.3. The lowest BCUT2D eigenvalue weighted by molar-refractivity contribution is -0.137. The lowest BCUT2D eigenvalue weighted by Crippen LogP contribution is -2.36. The van der Waals surface area contributed by atoms with Crippen molar-refractivity contribution >= 4 is 11.9 Å². The fraction of sp³-hybridized carbons (Fsp3) is 0.538. The number of hydrogen-bond acceptors (Lipinski definition) is 4. The zero-order chi connectivity index (χ0) is 14.6. The third kappa shape index (κ3) is 3.74. The number of aromatic nitrogens is 2. The summed E-state index contributed by atoms with van der Waals surface area (Å²) in [6, 6.07) is 0. The maximum atomic E-state index is 12.3. The summed E-state index contributed by atoms with van der Waals surface area (Å²) < 4.78 is 0. The van der Waals surface area contributed by atoms with Crippen molar-refractivity contribution in [3.8, 4) is 0 Å². The summed E-state index contributed by atoms with van der Waals surface area (Å²) in [6.45, 7) is 7.38. The first kappa shape index (κ1) is 15.1. The minimum absolute atomic E-state index is 0.0733. The summed E-state index contributed by atoms with van der Waals surface area (Å²) in [5.41, 5.74) is 1.03. The van der Waals surface area contributed by atoms with E-state index in [1.807, 2.05) is 13.8 Å². The van der Waals surface area contributed by atoms with Gasteiger partial charge in [0.05, 0.1) is 11.3 Å². The van der Waals surface area contributed by atoms with Crippen LogP contribution in [0.2, 0.25) is 0 Å². The van der Waals surface area contributed by atoms with Crippen LogP contribution in [0.5, 0.6) is 0 Å². The number of carboxylic acid groups (broad SMARTS) is 1. The molecule has 0 radical (unpaired) electrons. The van der Waals surface area contributed by atoms with Crippen LogP contribution in [0.25, 0.3) is 0 Å². The van der Waals surface area contributed by atoms with Gasteiger partial charge in [-0.2, -0.15) is 0 Å². The van der Waals surface area contributed by atoms with Crippen molar-refractivity contribution in [2.75, 3.05) is 13.1 Å². The largest absolute Gasteiger partial charge is 0.480 e. The molecule has 6 heteroatoms. The summed E-state index contributed by atoms with van der Waals surface area (Å²) >= 11 is 0. The summed E-state index contributed by atoms with van der Waals surface area (Å²) in [6.07, 6.45) is 1.48. The van der Waals surface area contributed by atoms with E-state index in [0.717, 1.165) is 0 Å². The first-order valence-electron chi connectivity index (χ1n) is 6.21. The van der Waals surface area contributed by atoms with E-state index in [9.17, 15) is 9.59 Å². The molecule has 0 aliphatic heterocycles. The summed E-state index contributed by atoms with van der Waals surface area (Å²) in [5, 5.41) is 8.81. The van der Waals surface area contributed by atoms with Crippen LogP contribution in [0.4, 0.5) is 0 Å². The van der Waals surface area contributed by atoms with Crippen LogP contribution < -0.4 is 0 Å². The van der Waals surface area contributed by atoms with Gasteiger partial charge in [0.15, 0.2) is 0 Å². The van der Waals surface area contributed by atoms with E-state index in [0.29, 0.717) is 23.6 Å². The molecule has 1 heterocycles. The number of amides is 1. The second-order valence-corrected chi connectivity index (χ2v) is 4.58. The molecule has 0 fully saturated rings. The molecule has 104 valence electrons. The number of rotatable bonds is 5. The molecule has 0 aliphatic carbocycles. The van der Waals surface area contributed by atoms with Crippen LogP contribution in [0.15, 0.2) is 6.20 Å². The molecule has 0 saturated carbocycles. The topological polar surface area (TPSA) is 83.4 Å². The van der Waals surface area contributed by atoms with Gasteiger partial charge >= 0.3 is 5.97 Å². The minimum Gasteiger partial charge on any atom is -0.480 e. The quantitative estimate of drug-likeness (QED) is 0.871. The van der Waals surface area contributed by atoms with E-state index in [1.165, 1.54) is 11.1 Å². The Kier molecular flexibility index (Phi) is 4.97. The number of nitrogens with zero attached hydrogens (tertiary/aromatic N) is 3. The summed E-state index contributed by atoms with van der Waals surface area (Å²) in [5.74, 6) is -0.700. The molecule has 1 amide bonds. The second-order valence-electron chi connectivity index (χ2n) is 4.58. The highest BCUT2D eigenvalue weighted by Gasteiger charge is 2.22. The van der Waals surface area contributed by atoms with Gasteiger partial charge in [-0.05, 0) is 19.8 Å². The zero-order valence-electron chi connectivity index (χ0n) is 11.7. The Labute approximate surface area is 112 Å². The van der Waals surface area contributed by atoms with E-state index in [4.69, 9.17) is 5.11 Å². The average Bonchev–Trinajstić information content (AvgIpc) is 2.34. The molecule has 0 unspecified atom stereocenters. The molecule has 1 aromatic heterocycles. The molecule has 0 aromatic carbocycles. The number of aliphatic carboxylic acids is 1. The predicted molar refractivity (Wildman–Crippen MR) is 70.1 cm³/mol. The highest BCUT2D eigenvalue weighted by Crippen LogP contribution is 2.18. The highest BCUT2D eigenvalue weighted by atomic mass is 16.4. The lowest BCUT2D eigenvalue weighted by atomic mass is 10.0. The van der Waals surface area contributed by atoms with Crippen molar-refractivity contribution in [1.29, 1.82) is 0 Å². The Bertz CT molecular complexity index is 486. The first-order valence-corrected chi connectivity index (χ1v) is 6.21. The second kappa shape index (κ2) is 6.26. The van der Waals surface area contributed by atoms with Crippen LogP contribution in [0.1, 0.15) is 48.6 Å². The number of carboxylic acids is 1. The van der Waals surface area contributed by atoms with Crippen molar-refractivity contribution in [2.24, 2.45) is 0 Å². The average molecular weight is 265 g/mol. The molecule has 1 rings (SSSR count). The standard InChI is InChI=1S/C13H19N3O3/c1-5-16(7-11(17)18)13(19)10-6-14-9(4)15-12(10)8(2)3/h6,8H,5,7H2,1-4H3,(H,17,18). The van der Waals surface area contributed by atoms with E-state index in [1.54, 1.807) is 13.8 Å². The van der Waals surface area contributed by atoms with Crippen LogP contribution in [0, 0.1) is 6.92 Å². The van der Waals surface area contributed by atoms with Gasteiger partial charge in [-0.15, -0.1) is 0 Å². The Morgan fingerprint density at radius 1 is 1.42 bits per heavy atom. The maximum Gasteiger partial charge on any atom is 0.323 e. The van der Waals surface area contributed by atoms with Crippen LogP contribution >= 0.6 is 0 Å². The van der Waals surface area contributed by atoms with Crippen molar-refractivity contribution in [2.45, 2.75) is 33.6 Å². The Balaban J connectivity index is 3.14. The molecule has 19 heavy (non-hydrogen) atoms. The molecule has 0 spiro atoms. The van der Waals surface area contributed by atoms with Gasteiger partial charge in [-0.25, -0.2) is 9.97 Å². The first-order chi connectivity index (χ1) is 8.86. The minimum atomic E-state index is -1.03. The Hall–Kier alpha value is -1.98. The van der Waals surface area contributed by atoms with Gasteiger partial charge in [-0.1, -0.05) is 13.8 Å². The van der Waals surface area contributed by atoms with Gasteiger partial charge in [0, 0.05) is 12.7 Å². The fourth-order valence-electron chi connectivity index (χ4n) is 1.75. The van der Waals surface area contributed by atoms with Gasteiger partial charge < -0.3 is 10.0 Å². The van der Waals surface area contributed by atoms with E-state index in [-0.39, 0.29) is 18.4 Å². The summed E-state index contributed by atoms with van der Waals surface area (Å²) in [7, 11) is 0. The Morgan fingerprint density at radius 3 is 2.53 bits per heavy atom. The van der Waals surface area contributed by atoms with Crippen LogP contribution in [-0.4, -0.2) is 44.9 Å². The Morgan fingerprint density at radius 2 is 2.05 bits per heavy atom. The van der Waals surface area contributed by atoms with Crippen molar-refractivity contribution in [3.63, 3.8) is 0 Å². The van der Waals surface area contributed by atoms with Crippen LogP contribution in [0.3, 0.4) is 0 Å². The smallest absolute Gasteiger partial charge is 0.323 e. The third-order valence-corrected chi connectivity index (χ3v) is 2.71. The normalized spacial score (nSPS) is 10.6. The molecule has 0 aliphatic rings. The number of carbonyl (C=O) groups is 2. The molecule has 1 aromatic rings. The SMILES string of the molecule is CCN(CC(=O)O)C(=O)c1cnc(C)nc1C(C)C.